The Bertz CT molecular complexity index is 356. The van der Waals surface area contributed by atoms with Gasteiger partial charge in [0.15, 0.2) is 0 Å². The molecular weight excluding hydrogens is 234 g/mol. The van der Waals surface area contributed by atoms with Crippen molar-refractivity contribution in [1.82, 2.24) is 4.98 Å². The molecule has 3 heteroatoms. The molecule has 2 unspecified atom stereocenters. The third-order valence-electron chi connectivity index (χ3n) is 3.29. The van der Waals surface area contributed by atoms with Gasteiger partial charge in [0.1, 0.15) is 5.75 Å². The van der Waals surface area contributed by atoms with Gasteiger partial charge in [0.2, 0.25) is 0 Å². The molecule has 0 bridgehead atoms. The van der Waals surface area contributed by atoms with E-state index in [1.165, 1.54) is 18.4 Å². The van der Waals surface area contributed by atoms with Crippen LogP contribution in [0.15, 0.2) is 18.5 Å². The highest BCUT2D eigenvalue weighted by Crippen LogP contribution is 2.35. The van der Waals surface area contributed by atoms with Crippen molar-refractivity contribution in [1.29, 1.82) is 0 Å². The van der Waals surface area contributed by atoms with Gasteiger partial charge in [-0.3, -0.25) is 4.98 Å². The van der Waals surface area contributed by atoms with Crippen LogP contribution in [-0.2, 0) is 0 Å². The molecule has 1 aliphatic rings. The number of ether oxygens (including phenoxy) is 1. The average molecular weight is 254 g/mol. The Hall–Kier alpha value is -0.760. The van der Waals surface area contributed by atoms with Gasteiger partial charge in [-0.25, -0.2) is 0 Å². The van der Waals surface area contributed by atoms with E-state index >= 15 is 0 Å². The summed E-state index contributed by atoms with van der Waals surface area (Å²) in [6.07, 6.45) is 9.44. The van der Waals surface area contributed by atoms with E-state index in [0.29, 0.717) is 11.3 Å². The van der Waals surface area contributed by atoms with E-state index in [4.69, 9.17) is 16.3 Å². The molecule has 0 saturated heterocycles. The molecule has 17 heavy (non-hydrogen) atoms. The first-order chi connectivity index (χ1) is 8.29. The van der Waals surface area contributed by atoms with Gasteiger partial charge in [0.25, 0.3) is 0 Å². The predicted molar refractivity (Wildman–Crippen MR) is 70.9 cm³/mol. The lowest BCUT2D eigenvalue weighted by Gasteiger charge is -2.25. The molecule has 1 saturated carbocycles. The van der Waals surface area contributed by atoms with Gasteiger partial charge in [-0.15, -0.1) is 11.6 Å². The van der Waals surface area contributed by atoms with Gasteiger partial charge < -0.3 is 4.74 Å². The van der Waals surface area contributed by atoms with Crippen molar-refractivity contribution < 1.29 is 4.74 Å². The number of alkyl halides is 1. The van der Waals surface area contributed by atoms with Crippen LogP contribution in [0, 0.1) is 0 Å². The van der Waals surface area contributed by atoms with Crippen molar-refractivity contribution >= 4 is 11.6 Å². The maximum atomic E-state index is 6.23. The second-order valence-corrected chi connectivity index (χ2v) is 5.38. The SMILES string of the molecule is CCCOc1cncc(C2CCCC(Cl)C2)c1. The first-order valence-corrected chi connectivity index (χ1v) is 6.95. The van der Waals surface area contributed by atoms with Gasteiger partial charge in [-0.2, -0.15) is 0 Å². The van der Waals surface area contributed by atoms with Crippen LogP contribution < -0.4 is 4.74 Å². The fourth-order valence-electron chi connectivity index (χ4n) is 2.39. The Labute approximate surface area is 108 Å². The molecule has 2 nitrogen and oxygen atoms in total. The van der Waals surface area contributed by atoms with Crippen LogP contribution in [0.2, 0.25) is 0 Å². The molecule has 0 radical (unpaired) electrons. The number of pyridine rings is 1. The van der Waals surface area contributed by atoms with Gasteiger partial charge in [0, 0.05) is 11.6 Å². The Morgan fingerprint density at radius 3 is 3.06 bits per heavy atom. The summed E-state index contributed by atoms with van der Waals surface area (Å²) in [5, 5.41) is 0.328. The molecule has 1 aliphatic carbocycles. The minimum atomic E-state index is 0.328. The molecule has 0 aromatic carbocycles. The molecule has 0 amide bonds. The van der Waals surface area contributed by atoms with Crippen LogP contribution in [-0.4, -0.2) is 17.0 Å². The fraction of sp³-hybridized carbons (Fsp3) is 0.643. The zero-order valence-corrected chi connectivity index (χ0v) is 11.1. The summed E-state index contributed by atoms with van der Waals surface area (Å²) in [7, 11) is 0. The van der Waals surface area contributed by atoms with Gasteiger partial charge in [-0.1, -0.05) is 13.3 Å². The maximum absolute atomic E-state index is 6.23. The quantitative estimate of drug-likeness (QED) is 0.753. The molecule has 1 aromatic rings. The Morgan fingerprint density at radius 1 is 1.41 bits per heavy atom. The number of hydrogen-bond donors (Lipinski definition) is 0. The first-order valence-electron chi connectivity index (χ1n) is 6.51. The molecule has 1 aromatic heterocycles. The minimum Gasteiger partial charge on any atom is -0.492 e. The van der Waals surface area contributed by atoms with Crippen LogP contribution in [0.1, 0.15) is 50.5 Å². The first kappa shape index (κ1) is 12.7. The monoisotopic (exact) mass is 253 g/mol. The van der Waals surface area contributed by atoms with E-state index in [1.807, 2.05) is 6.20 Å². The average Bonchev–Trinajstić information content (AvgIpc) is 2.37. The molecule has 1 heterocycles. The highest BCUT2D eigenvalue weighted by atomic mass is 35.5. The molecule has 1 fully saturated rings. The molecule has 94 valence electrons. The molecular formula is C14H20ClNO. The lowest BCUT2D eigenvalue weighted by molar-refractivity contribution is 0.315. The van der Waals surface area contributed by atoms with Crippen molar-refractivity contribution in [3.63, 3.8) is 0 Å². The maximum Gasteiger partial charge on any atom is 0.137 e. The van der Waals surface area contributed by atoms with Crippen LogP contribution in [0.25, 0.3) is 0 Å². The Kier molecular flexibility index (Phi) is 4.66. The summed E-state index contributed by atoms with van der Waals surface area (Å²) < 4.78 is 5.62. The second-order valence-electron chi connectivity index (χ2n) is 4.76. The fourth-order valence-corrected chi connectivity index (χ4v) is 2.76. The van der Waals surface area contributed by atoms with Gasteiger partial charge in [0.05, 0.1) is 12.8 Å². The number of nitrogens with zero attached hydrogens (tertiary/aromatic N) is 1. The zero-order chi connectivity index (χ0) is 12.1. The Morgan fingerprint density at radius 2 is 2.29 bits per heavy atom. The van der Waals surface area contributed by atoms with Crippen molar-refractivity contribution in [2.75, 3.05) is 6.61 Å². The third-order valence-corrected chi connectivity index (χ3v) is 3.69. The molecule has 2 atom stereocenters. The van der Waals surface area contributed by atoms with E-state index in [1.54, 1.807) is 6.20 Å². The Balaban J connectivity index is 2.04. The van der Waals surface area contributed by atoms with Crippen LogP contribution in [0.3, 0.4) is 0 Å². The molecule has 0 aliphatic heterocycles. The van der Waals surface area contributed by atoms with E-state index in [9.17, 15) is 0 Å². The summed E-state index contributed by atoms with van der Waals surface area (Å²) in [5.41, 5.74) is 1.28. The standard InChI is InChI=1S/C14H20ClNO/c1-2-6-17-14-8-12(9-16-10-14)11-4-3-5-13(15)7-11/h8-11,13H,2-7H2,1H3. The van der Waals surface area contributed by atoms with Crippen molar-refractivity contribution in [3.05, 3.63) is 24.0 Å². The zero-order valence-electron chi connectivity index (χ0n) is 10.4. The van der Waals surface area contributed by atoms with Crippen LogP contribution in [0.5, 0.6) is 5.75 Å². The van der Waals surface area contributed by atoms with Crippen LogP contribution in [0.4, 0.5) is 0 Å². The molecule has 0 N–H and O–H groups in total. The summed E-state index contributed by atoms with van der Waals surface area (Å²) in [5.74, 6) is 1.45. The lowest BCUT2D eigenvalue weighted by atomic mass is 9.84. The van der Waals surface area contributed by atoms with Crippen molar-refractivity contribution in [2.24, 2.45) is 0 Å². The largest absolute Gasteiger partial charge is 0.492 e. The van der Waals surface area contributed by atoms with Crippen LogP contribution >= 0.6 is 11.6 Å². The van der Waals surface area contributed by atoms with E-state index in [-0.39, 0.29) is 0 Å². The number of aromatic nitrogens is 1. The molecule has 0 spiro atoms. The van der Waals surface area contributed by atoms with Gasteiger partial charge in [-0.05, 0) is 43.2 Å². The van der Waals surface area contributed by atoms with Crippen molar-refractivity contribution in [3.8, 4) is 5.75 Å². The predicted octanol–water partition coefficient (Wildman–Crippen LogP) is 4.14. The topological polar surface area (TPSA) is 22.1 Å². The highest BCUT2D eigenvalue weighted by molar-refractivity contribution is 6.20. The number of halogens is 1. The normalized spacial score (nSPS) is 24.6. The van der Waals surface area contributed by atoms with E-state index in [2.05, 4.69) is 18.0 Å². The number of hydrogen-bond acceptors (Lipinski definition) is 2. The number of rotatable bonds is 4. The summed E-state index contributed by atoms with van der Waals surface area (Å²) in [6, 6.07) is 2.13. The van der Waals surface area contributed by atoms with E-state index < -0.39 is 0 Å². The molecule has 2 rings (SSSR count). The minimum absolute atomic E-state index is 0.328. The lowest BCUT2D eigenvalue weighted by Crippen LogP contribution is -2.14. The summed E-state index contributed by atoms with van der Waals surface area (Å²) in [4.78, 5) is 4.27. The van der Waals surface area contributed by atoms with E-state index in [0.717, 1.165) is 31.6 Å². The van der Waals surface area contributed by atoms with Crippen molar-refractivity contribution in [2.45, 2.75) is 50.3 Å². The third kappa shape index (κ3) is 3.60. The highest BCUT2D eigenvalue weighted by Gasteiger charge is 2.22. The smallest absolute Gasteiger partial charge is 0.137 e. The van der Waals surface area contributed by atoms with Gasteiger partial charge >= 0.3 is 0 Å². The second kappa shape index (κ2) is 6.25. The summed E-state index contributed by atoms with van der Waals surface area (Å²) in [6.45, 7) is 2.87. The summed E-state index contributed by atoms with van der Waals surface area (Å²) >= 11 is 6.23.